The van der Waals surface area contributed by atoms with E-state index >= 15 is 0 Å². The lowest BCUT2D eigenvalue weighted by Crippen LogP contribution is -2.43. The predicted molar refractivity (Wildman–Crippen MR) is 77.8 cm³/mol. The number of piperidine rings is 1. The molecule has 1 fully saturated rings. The molecule has 2 amide bonds. The molecular weight excluding hydrogens is 327 g/mol. The highest BCUT2D eigenvalue weighted by Gasteiger charge is 2.32. The van der Waals surface area contributed by atoms with E-state index in [1.54, 1.807) is 18.3 Å². The maximum absolute atomic E-state index is 12.1. The van der Waals surface area contributed by atoms with Gasteiger partial charge in [-0.25, -0.2) is 4.79 Å². The number of halogens is 3. The number of ether oxygens (including phenoxy) is 1. The number of amides is 2. The molecular formula is C15H18F3N3O3. The zero-order chi connectivity index (χ0) is 17.6. The van der Waals surface area contributed by atoms with Crippen LogP contribution in [0.3, 0.4) is 0 Å². The van der Waals surface area contributed by atoms with Gasteiger partial charge in [0, 0.05) is 25.2 Å². The standard InChI is InChI=1S/C15H18F3N3O3/c16-15(17,18)10-24-14(23)21-7-4-11(5-8-21)13(22)20-9-12-3-1-2-6-19-12/h1-3,6,11H,4-5,7-10H2,(H,20,22). The molecule has 1 N–H and O–H groups in total. The summed E-state index contributed by atoms with van der Waals surface area (Å²) >= 11 is 0. The van der Waals surface area contributed by atoms with Crippen LogP contribution in [0.15, 0.2) is 24.4 Å². The van der Waals surface area contributed by atoms with Crippen molar-refractivity contribution >= 4 is 12.0 Å². The van der Waals surface area contributed by atoms with Gasteiger partial charge in [-0.3, -0.25) is 9.78 Å². The van der Waals surface area contributed by atoms with Gasteiger partial charge in [0.05, 0.1) is 12.2 Å². The maximum Gasteiger partial charge on any atom is 0.422 e. The molecule has 1 aliphatic heterocycles. The van der Waals surface area contributed by atoms with Gasteiger partial charge in [-0.05, 0) is 25.0 Å². The van der Waals surface area contributed by atoms with E-state index in [0.29, 0.717) is 19.4 Å². The van der Waals surface area contributed by atoms with Crippen molar-refractivity contribution < 1.29 is 27.5 Å². The molecule has 132 valence electrons. The molecule has 0 aromatic carbocycles. The van der Waals surface area contributed by atoms with Gasteiger partial charge in [0.2, 0.25) is 5.91 Å². The Bertz CT molecular complexity index is 558. The molecule has 1 aliphatic rings. The molecule has 0 atom stereocenters. The van der Waals surface area contributed by atoms with Gasteiger partial charge in [-0.1, -0.05) is 6.07 Å². The fourth-order valence-electron chi connectivity index (χ4n) is 2.38. The van der Waals surface area contributed by atoms with Crippen molar-refractivity contribution in [3.8, 4) is 0 Å². The third-order valence-corrected chi connectivity index (χ3v) is 3.65. The fraction of sp³-hybridized carbons (Fsp3) is 0.533. The Balaban J connectivity index is 1.71. The van der Waals surface area contributed by atoms with E-state index in [0.717, 1.165) is 5.69 Å². The Morgan fingerprint density at radius 3 is 2.58 bits per heavy atom. The van der Waals surface area contributed by atoms with Crippen LogP contribution >= 0.6 is 0 Å². The summed E-state index contributed by atoms with van der Waals surface area (Å²) in [4.78, 5) is 28.9. The second-order valence-electron chi connectivity index (χ2n) is 5.47. The third-order valence-electron chi connectivity index (χ3n) is 3.65. The number of hydrogen-bond donors (Lipinski definition) is 1. The summed E-state index contributed by atoms with van der Waals surface area (Å²) in [5.74, 6) is -0.427. The van der Waals surface area contributed by atoms with Crippen molar-refractivity contribution in [3.05, 3.63) is 30.1 Å². The molecule has 0 unspecified atom stereocenters. The van der Waals surface area contributed by atoms with Gasteiger partial charge in [0.15, 0.2) is 6.61 Å². The monoisotopic (exact) mass is 345 g/mol. The Labute approximate surface area is 137 Å². The Morgan fingerprint density at radius 1 is 1.29 bits per heavy atom. The molecule has 2 rings (SSSR count). The predicted octanol–water partition coefficient (Wildman–Crippen LogP) is 2.11. The number of carbonyl (C=O) groups is 2. The first-order valence-corrected chi connectivity index (χ1v) is 7.51. The number of aromatic nitrogens is 1. The van der Waals surface area contributed by atoms with Crippen LogP contribution in [-0.2, 0) is 16.1 Å². The number of hydrogen-bond acceptors (Lipinski definition) is 4. The van der Waals surface area contributed by atoms with Crippen molar-refractivity contribution in [1.82, 2.24) is 15.2 Å². The molecule has 24 heavy (non-hydrogen) atoms. The summed E-state index contributed by atoms with van der Waals surface area (Å²) in [5.41, 5.74) is 0.735. The highest BCUT2D eigenvalue weighted by molar-refractivity contribution is 5.79. The minimum atomic E-state index is -4.54. The molecule has 0 radical (unpaired) electrons. The molecule has 0 aliphatic carbocycles. The topological polar surface area (TPSA) is 71.5 Å². The Morgan fingerprint density at radius 2 is 2.00 bits per heavy atom. The number of pyridine rings is 1. The van der Waals surface area contributed by atoms with Crippen molar-refractivity contribution in [2.24, 2.45) is 5.92 Å². The van der Waals surface area contributed by atoms with Gasteiger partial charge in [-0.15, -0.1) is 0 Å². The minimum Gasteiger partial charge on any atom is -0.440 e. The normalized spacial score (nSPS) is 15.9. The summed E-state index contributed by atoms with van der Waals surface area (Å²) in [7, 11) is 0. The first-order chi connectivity index (χ1) is 11.3. The van der Waals surface area contributed by atoms with Crippen LogP contribution < -0.4 is 5.32 Å². The van der Waals surface area contributed by atoms with Crippen molar-refractivity contribution in [2.45, 2.75) is 25.6 Å². The maximum atomic E-state index is 12.1. The second-order valence-corrected chi connectivity index (χ2v) is 5.47. The number of nitrogens with zero attached hydrogens (tertiary/aromatic N) is 2. The second kappa shape index (κ2) is 7.98. The molecule has 1 aromatic heterocycles. The first kappa shape index (κ1) is 18.0. The molecule has 1 saturated heterocycles. The number of likely N-dealkylation sites (tertiary alicyclic amines) is 1. The Kier molecular flexibility index (Phi) is 5.99. The van der Waals surface area contributed by atoms with E-state index in [9.17, 15) is 22.8 Å². The van der Waals surface area contributed by atoms with Crippen LogP contribution in [0.25, 0.3) is 0 Å². The third kappa shape index (κ3) is 5.71. The van der Waals surface area contributed by atoms with Crippen LogP contribution in [0, 0.1) is 5.92 Å². The summed E-state index contributed by atoms with van der Waals surface area (Å²) in [5, 5.41) is 2.77. The largest absolute Gasteiger partial charge is 0.440 e. The highest BCUT2D eigenvalue weighted by atomic mass is 19.4. The molecule has 6 nitrogen and oxygen atoms in total. The van der Waals surface area contributed by atoms with Gasteiger partial charge < -0.3 is 15.0 Å². The van der Waals surface area contributed by atoms with Gasteiger partial charge in [0.25, 0.3) is 0 Å². The van der Waals surface area contributed by atoms with Gasteiger partial charge in [-0.2, -0.15) is 13.2 Å². The summed E-state index contributed by atoms with van der Waals surface area (Å²) < 4.78 is 40.3. The SMILES string of the molecule is O=C(NCc1ccccn1)C1CCN(C(=O)OCC(F)(F)F)CC1. The van der Waals surface area contributed by atoms with Crippen molar-refractivity contribution in [1.29, 1.82) is 0 Å². The van der Waals surface area contributed by atoms with E-state index in [4.69, 9.17) is 0 Å². The number of alkyl halides is 3. The fourth-order valence-corrected chi connectivity index (χ4v) is 2.38. The lowest BCUT2D eigenvalue weighted by Gasteiger charge is -2.30. The van der Waals surface area contributed by atoms with E-state index in [-0.39, 0.29) is 24.9 Å². The van der Waals surface area contributed by atoms with E-state index in [1.807, 2.05) is 6.07 Å². The molecule has 0 spiro atoms. The van der Waals surface area contributed by atoms with Crippen LogP contribution in [0.1, 0.15) is 18.5 Å². The van der Waals surface area contributed by atoms with Gasteiger partial charge >= 0.3 is 12.3 Å². The molecule has 0 bridgehead atoms. The van der Waals surface area contributed by atoms with Gasteiger partial charge in [0.1, 0.15) is 0 Å². The quantitative estimate of drug-likeness (QED) is 0.907. The van der Waals surface area contributed by atoms with E-state index < -0.39 is 18.9 Å². The zero-order valence-corrected chi connectivity index (χ0v) is 12.9. The lowest BCUT2D eigenvalue weighted by molar-refractivity contribution is -0.162. The summed E-state index contributed by atoms with van der Waals surface area (Å²) in [6, 6.07) is 5.39. The summed E-state index contributed by atoms with van der Waals surface area (Å²) in [6.07, 6.45) is -3.14. The van der Waals surface area contributed by atoms with Crippen molar-refractivity contribution in [3.63, 3.8) is 0 Å². The number of carbonyl (C=O) groups excluding carboxylic acids is 2. The van der Waals surface area contributed by atoms with E-state index in [1.165, 1.54) is 4.90 Å². The lowest BCUT2D eigenvalue weighted by atomic mass is 9.96. The van der Waals surface area contributed by atoms with Crippen LogP contribution in [0.5, 0.6) is 0 Å². The van der Waals surface area contributed by atoms with Crippen molar-refractivity contribution in [2.75, 3.05) is 19.7 Å². The highest BCUT2D eigenvalue weighted by Crippen LogP contribution is 2.20. The van der Waals surface area contributed by atoms with Crippen LogP contribution in [-0.4, -0.2) is 47.8 Å². The van der Waals surface area contributed by atoms with Crippen LogP contribution in [0.2, 0.25) is 0 Å². The van der Waals surface area contributed by atoms with E-state index in [2.05, 4.69) is 15.0 Å². The molecule has 2 heterocycles. The number of rotatable bonds is 4. The average molecular weight is 345 g/mol. The zero-order valence-electron chi connectivity index (χ0n) is 12.9. The Hall–Kier alpha value is -2.32. The molecule has 0 saturated carbocycles. The number of nitrogens with one attached hydrogen (secondary N) is 1. The minimum absolute atomic E-state index is 0.149. The molecule has 9 heteroatoms. The molecule has 1 aromatic rings. The summed E-state index contributed by atoms with van der Waals surface area (Å²) in [6.45, 7) is -0.902. The van der Waals surface area contributed by atoms with Crippen LogP contribution in [0.4, 0.5) is 18.0 Å². The smallest absolute Gasteiger partial charge is 0.422 e. The average Bonchev–Trinajstić information content (AvgIpc) is 2.58. The first-order valence-electron chi connectivity index (χ1n) is 7.51.